The van der Waals surface area contributed by atoms with Crippen LogP contribution in [0.5, 0.6) is 0 Å². The first-order chi connectivity index (χ1) is 10.2. The van der Waals surface area contributed by atoms with Crippen LogP contribution in [0.15, 0.2) is 52.1 Å². The lowest BCUT2D eigenvalue weighted by atomic mass is 10.2. The molecule has 0 aromatic heterocycles. The molecule has 110 valence electrons. The Bertz CT molecular complexity index is 640. The van der Waals surface area contributed by atoms with Gasteiger partial charge in [-0.05, 0) is 31.1 Å². The summed E-state index contributed by atoms with van der Waals surface area (Å²) in [5.74, 6) is -1.57. The van der Waals surface area contributed by atoms with E-state index in [0.717, 1.165) is 31.0 Å². The molecule has 1 aromatic rings. The molecule has 0 unspecified atom stereocenters. The van der Waals surface area contributed by atoms with Gasteiger partial charge in [0, 0.05) is 0 Å². The molecule has 0 bridgehead atoms. The van der Waals surface area contributed by atoms with Crippen LogP contribution in [0, 0.1) is 11.6 Å². The fraction of sp³-hybridized carbons (Fsp3) is 0.294. The zero-order valence-electron chi connectivity index (χ0n) is 12.2. The largest absolute Gasteiger partial charge is 0.227 e. The van der Waals surface area contributed by atoms with Crippen LogP contribution in [0.4, 0.5) is 8.78 Å². The number of nitrogens with zero attached hydrogens (tertiary/aromatic N) is 2. The second-order valence-electron chi connectivity index (χ2n) is 4.72. The van der Waals surface area contributed by atoms with Gasteiger partial charge in [-0.3, -0.25) is 0 Å². The van der Waals surface area contributed by atoms with E-state index >= 15 is 0 Å². The van der Waals surface area contributed by atoms with Crippen LogP contribution < -0.4 is 0 Å². The molecule has 4 heteroatoms. The normalized spacial score (nSPS) is 16.7. The van der Waals surface area contributed by atoms with Gasteiger partial charge in [0.15, 0.2) is 17.5 Å². The Labute approximate surface area is 123 Å². The topological polar surface area (TPSA) is 24.7 Å². The molecule has 0 saturated heterocycles. The van der Waals surface area contributed by atoms with Gasteiger partial charge in [0.2, 0.25) is 0 Å². The number of rotatable bonds is 5. The first kappa shape index (κ1) is 15.3. The van der Waals surface area contributed by atoms with Gasteiger partial charge in [-0.15, -0.1) is 0 Å². The van der Waals surface area contributed by atoms with E-state index in [-0.39, 0.29) is 11.4 Å². The summed E-state index contributed by atoms with van der Waals surface area (Å²) >= 11 is 0. The van der Waals surface area contributed by atoms with Crippen molar-refractivity contribution in [2.75, 3.05) is 0 Å². The summed E-state index contributed by atoms with van der Waals surface area (Å²) in [6, 6.07) is 4.04. The quantitative estimate of drug-likeness (QED) is 0.742. The molecule has 2 rings (SSSR count). The lowest BCUT2D eigenvalue weighted by molar-refractivity contribution is 0.507. The van der Waals surface area contributed by atoms with Crippen molar-refractivity contribution in [3.63, 3.8) is 0 Å². The van der Waals surface area contributed by atoms with Gasteiger partial charge in [0.1, 0.15) is 0 Å². The number of benzene rings is 1. The lowest BCUT2D eigenvalue weighted by Gasteiger charge is -1.99. The van der Waals surface area contributed by atoms with Gasteiger partial charge in [0.25, 0.3) is 0 Å². The minimum absolute atomic E-state index is 0.0947. The van der Waals surface area contributed by atoms with E-state index in [4.69, 9.17) is 0 Å². The number of halogens is 2. The number of hydrogen-bond donors (Lipinski definition) is 0. The second-order valence-corrected chi connectivity index (χ2v) is 4.72. The highest BCUT2D eigenvalue weighted by Gasteiger charge is 2.19. The summed E-state index contributed by atoms with van der Waals surface area (Å²) in [4.78, 5) is 8.69. The van der Waals surface area contributed by atoms with E-state index < -0.39 is 11.6 Å². The van der Waals surface area contributed by atoms with Crippen molar-refractivity contribution in [1.29, 1.82) is 0 Å². The molecule has 1 aliphatic heterocycles. The first-order valence-electron chi connectivity index (χ1n) is 7.16. The number of amidine groups is 1. The number of unbranched alkanes of at least 4 members (excludes halogenated alkanes) is 1. The second kappa shape index (κ2) is 7.07. The van der Waals surface area contributed by atoms with Crippen LogP contribution >= 0.6 is 0 Å². The van der Waals surface area contributed by atoms with Crippen molar-refractivity contribution in [3.8, 4) is 0 Å². The van der Waals surface area contributed by atoms with Gasteiger partial charge in [0.05, 0.1) is 17.0 Å². The molecule has 1 aliphatic rings. The molecule has 0 radical (unpaired) electrons. The predicted octanol–water partition coefficient (Wildman–Crippen LogP) is 4.82. The first-order valence-corrected chi connectivity index (χ1v) is 7.16. The average Bonchev–Trinajstić information content (AvgIpc) is 2.88. The van der Waals surface area contributed by atoms with E-state index in [0.29, 0.717) is 5.71 Å². The van der Waals surface area contributed by atoms with Gasteiger partial charge in [-0.25, -0.2) is 18.8 Å². The Balaban J connectivity index is 2.42. The van der Waals surface area contributed by atoms with Crippen LogP contribution in [-0.4, -0.2) is 11.5 Å². The highest BCUT2D eigenvalue weighted by molar-refractivity contribution is 6.22. The van der Waals surface area contributed by atoms with E-state index in [9.17, 15) is 8.78 Å². The van der Waals surface area contributed by atoms with Crippen molar-refractivity contribution in [2.24, 2.45) is 9.98 Å². The Morgan fingerprint density at radius 2 is 1.95 bits per heavy atom. The van der Waals surface area contributed by atoms with Crippen molar-refractivity contribution in [2.45, 2.75) is 33.1 Å². The molecule has 0 N–H and O–H groups in total. The highest BCUT2D eigenvalue weighted by Crippen LogP contribution is 2.20. The van der Waals surface area contributed by atoms with Crippen LogP contribution in [0.3, 0.4) is 0 Å². The molecule has 2 nitrogen and oxygen atoms in total. The third-order valence-corrected chi connectivity index (χ3v) is 3.05. The van der Waals surface area contributed by atoms with E-state index in [1.807, 2.05) is 25.2 Å². The minimum atomic E-state index is -0.907. The fourth-order valence-electron chi connectivity index (χ4n) is 1.95. The summed E-state index contributed by atoms with van der Waals surface area (Å²) in [6.45, 7) is 4.09. The van der Waals surface area contributed by atoms with Gasteiger partial charge in [-0.1, -0.05) is 38.5 Å². The monoisotopic (exact) mass is 288 g/mol. The fourth-order valence-corrected chi connectivity index (χ4v) is 1.95. The van der Waals surface area contributed by atoms with Gasteiger partial charge >= 0.3 is 0 Å². The maximum absolute atomic E-state index is 13.8. The zero-order valence-corrected chi connectivity index (χ0v) is 12.2. The van der Waals surface area contributed by atoms with Crippen molar-refractivity contribution in [1.82, 2.24) is 0 Å². The van der Waals surface area contributed by atoms with Crippen LogP contribution in [0.25, 0.3) is 0 Å². The molecule has 1 heterocycles. The standard InChI is InChI=1S/C17H18F2N2/c1-3-5-10-14-15(11-6-4-2)21-17(20-14)12-8-7-9-13(18)16(12)19/h5,7-11H,3-4,6H2,1-2H3/b10-5-,15-11+. The summed E-state index contributed by atoms with van der Waals surface area (Å²) < 4.78 is 27.2. The van der Waals surface area contributed by atoms with Gasteiger partial charge in [-0.2, -0.15) is 0 Å². The van der Waals surface area contributed by atoms with Gasteiger partial charge < -0.3 is 0 Å². The van der Waals surface area contributed by atoms with Crippen molar-refractivity contribution >= 4 is 11.5 Å². The third-order valence-electron chi connectivity index (χ3n) is 3.05. The van der Waals surface area contributed by atoms with E-state index in [1.54, 1.807) is 0 Å². The van der Waals surface area contributed by atoms with E-state index in [2.05, 4.69) is 16.9 Å². The summed E-state index contributed by atoms with van der Waals surface area (Å²) in [5, 5.41) is 0. The minimum Gasteiger partial charge on any atom is -0.227 e. The van der Waals surface area contributed by atoms with Crippen molar-refractivity contribution in [3.05, 3.63) is 59.3 Å². The summed E-state index contributed by atoms with van der Waals surface area (Å²) in [7, 11) is 0. The smallest absolute Gasteiger partial charge is 0.169 e. The lowest BCUT2D eigenvalue weighted by Crippen LogP contribution is -2.01. The molecule has 21 heavy (non-hydrogen) atoms. The number of aliphatic imine (C=N–C) groups is 2. The number of allylic oxidation sites excluding steroid dienone is 3. The molecule has 0 spiro atoms. The maximum Gasteiger partial charge on any atom is 0.169 e. The Morgan fingerprint density at radius 1 is 1.14 bits per heavy atom. The molecule has 0 aliphatic carbocycles. The Hall–Kier alpha value is -2.10. The molecule has 0 fully saturated rings. The van der Waals surface area contributed by atoms with Crippen LogP contribution in [-0.2, 0) is 0 Å². The summed E-state index contributed by atoms with van der Waals surface area (Å²) in [6.07, 6.45) is 8.56. The zero-order chi connectivity index (χ0) is 15.2. The van der Waals surface area contributed by atoms with Crippen molar-refractivity contribution < 1.29 is 8.78 Å². The predicted molar refractivity (Wildman–Crippen MR) is 82.8 cm³/mol. The number of hydrogen-bond acceptors (Lipinski definition) is 2. The maximum atomic E-state index is 13.8. The Morgan fingerprint density at radius 3 is 2.67 bits per heavy atom. The van der Waals surface area contributed by atoms with Crippen LogP contribution in [0.2, 0.25) is 0 Å². The molecule has 1 aromatic carbocycles. The molecule has 0 saturated carbocycles. The Kier molecular flexibility index (Phi) is 5.14. The third kappa shape index (κ3) is 3.51. The molecular formula is C17H18F2N2. The molecule has 0 amide bonds. The SMILES string of the molecule is CC/C=C\C1=NC(c2cccc(F)c2F)=N/C1=C/CCC. The van der Waals surface area contributed by atoms with E-state index in [1.165, 1.54) is 12.1 Å². The summed E-state index contributed by atoms with van der Waals surface area (Å²) in [5.41, 5.74) is 1.52. The molecular weight excluding hydrogens is 270 g/mol. The van der Waals surface area contributed by atoms with Crippen LogP contribution in [0.1, 0.15) is 38.7 Å². The highest BCUT2D eigenvalue weighted by atomic mass is 19.2. The molecule has 0 atom stereocenters. The average molecular weight is 288 g/mol.